The van der Waals surface area contributed by atoms with Crippen LogP contribution in [0.3, 0.4) is 0 Å². The lowest BCUT2D eigenvalue weighted by Gasteiger charge is -2.08. The fraction of sp³-hybridized carbons (Fsp3) is 0.357. The highest BCUT2D eigenvalue weighted by molar-refractivity contribution is 5.28. The van der Waals surface area contributed by atoms with E-state index in [1.54, 1.807) is 6.20 Å². The molecule has 0 saturated carbocycles. The molecule has 18 heavy (non-hydrogen) atoms. The molecule has 0 atom stereocenters. The fourth-order valence-electron chi connectivity index (χ4n) is 1.88. The summed E-state index contributed by atoms with van der Waals surface area (Å²) >= 11 is 0. The first-order valence-electron chi connectivity index (χ1n) is 6.18. The number of aromatic nitrogens is 2. The third kappa shape index (κ3) is 3.34. The van der Waals surface area contributed by atoms with Crippen molar-refractivity contribution in [1.82, 2.24) is 9.78 Å². The highest BCUT2D eigenvalue weighted by atomic mass is 16.5. The normalized spacial score (nSPS) is 10.6. The highest BCUT2D eigenvalue weighted by Crippen LogP contribution is 2.14. The molecule has 4 heteroatoms. The second kappa shape index (κ2) is 6.21. The van der Waals surface area contributed by atoms with Gasteiger partial charge in [0, 0.05) is 25.4 Å². The lowest BCUT2D eigenvalue weighted by atomic mass is 10.1. The maximum absolute atomic E-state index is 5.74. The molecule has 0 saturated heterocycles. The molecule has 2 N–H and O–H groups in total. The van der Waals surface area contributed by atoms with Gasteiger partial charge in [-0.05, 0) is 36.7 Å². The van der Waals surface area contributed by atoms with E-state index in [-0.39, 0.29) is 0 Å². The Labute approximate surface area is 107 Å². The van der Waals surface area contributed by atoms with Crippen molar-refractivity contribution in [3.05, 3.63) is 47.8 Å². The average molecular weight is 245 g/mol. The summed E-state index contributed by atoms with van der Waals surface area (Å²) in [4.78, 5) is 0. The van der Waals surface area contributed by atoms with Crippen LogP contribution in [0.5, 0.6) is 5.75 Å². The minimum absolute atomic E-state index is 0.658. The van der Waals surface area contributed by atoms with Crippen molar-refractivity contribution in [1.29, 1.82) is 0 Å². The average Bonchev–Trinajstić information content (AvgIpc) is 2.76. The molecule has 0 aliphatic rings. The second-order valence-electron chi connectivity index (χ2n) is 4.23. The summed E-state index contributed by atoms with van der Waals surface area (Å²) in [5.41, 5.74) is 7.93. The van der Waals surface area contributed by atoms with E-state index in [0.29, 0.717) is 13.2 Å². The van der Waals surface area contributed by atoms with Gasteiger partial charge in [0.1, 0.15) is 5.75 Å². The summed E-state index contributed by atoms with van der Waals surface area (Å²) in [6.07, 6.45) is 3.55. The summed E-state index contributed by atoms with van der Waals surface area (Å²) in [6.45, 7) is 1.32. The first-order chi connectivity index (χ1) is 8.79. The van der Waals surface area contributed by atoms with Crippen LogP contribution >= 0.6 is 0 Å². The first-order valence-corrected chi connectivity index (χ1v) is 6.18. The molecule has 2 rings (SSSR count). The molecule has 0 bridgehead atoms. The van der Waals surface area contributed by atoms with Gasteiger partial charge >= 0.3 is 0 Å². The Balaban J connectivity index is 1.86. The molecular weight excluding hydrogens is 226 g/mol. The van der Waals surface area contributed by atoms with Crippen LogP contribution in [-0.2, 0) is 19.9 Å². The summed E-state index contributed by atoms with van der Waals surface area (Å²) in [6, 6.07) is 10.1. The van der Waals surface area contributed by atoms with E-state index < -0.39 is 0 Å². The van der Waals surface area contributed by atoms with E-state index in [4.69, 9.17) is 10.5 Å². The SMILES string of the molecule is Cn1nccc1CCOc1cccc(CCN)c1. The van der Waals surface area contributed by atoms with Crippen LogP contribution in [0.25, 0.3) is 0 Å². The zero-order valence-electron chi connectivity index (χ0n) is 10.7. The minimum atomic E-state index is 0.658. The molecule has 0 aliphatic heterocycles. The number of hydrogen-bond donors (Lipinski definition) is 1. The van der Waals surface area contributed by atoms with Crippen LogP contribution in [0, 0.1) is 0 Å². The zero-order valence-corrected chi connectivity index (χ0v) is 10.7. The molecule has 1 heterocycles. The van der Waals surface area contributed by atoms with Gasteiger partial charge in [0.05, 0.1) is 6.61 Å². The maximum atomic E-state index is 5.74. The van der Waals surface area contributed by atoms with Crippen LogP contribution in [0.1, 0.15) is 11.3 Å². The summed E-state index contributed by atoms with van der Waals surface area (Å²) in [5.74, 6) is 0.906. The van der Waals surface area contributed by atoms with Gasteiger partial charge in [0.15, 0.2) is 0 Å². The van der Waals surface area contributed by atoms with Crippen molar-refractivity contribution in [2.24, 2.45) is 12.8 Å². The summed E-state index contributed by atoms with van der Waals surface area (Å²) in [7, 11) is 1.94. The number of rotatable bonds is 6. The Morgan fingerprint density at radius 3 is 2.89 bits per heavy atom. The van der Waals surface area contributed by atoms with Crippen molar-refractivity contribution in [3.8, 4) is 5.75 Å². The number of hydrogen-bond acceptors (Lipinski definition) is 3. The van der Waals surface area contributed by atoms with Gasteiger partial charge < -0.3 is 10.5 Å². The molecule has 0 fully saturated rings. The van der Waals surface area contributed by atoms with E-state index in [0.717, 1.165) is 18.6 Å². The van der Waals surface area contributed by atoms with Crippen LogP contribution in [0.2, 0.25) is 0 Å². The van der Waals surface area contributed by atoms with Gasteiger partial charge in [-0.2, -0.15) is 5.10 Å². The van der Waals surface area contributed by atoms with Gasteiger partial charge in [0.2, 0.25) is 0 Å². The molecule has 0 unspecified atom stereocenters. The van der Waals surface area contributed by atoms with Gasteiger partial charge in [0.25, 0.3) is 0 Å². The Morgan fingerprint density at radius 1 is 1.28 bits per heavy atom. The molecule has 1 aromatic heterocycles. The van der Waals surface area contributed by atoms with Crippen molar-refractivity contribution in [2.75, 3.05) is 13.2 Å². The van der Waals surface area contributed by atoms with Gasteiger partial charge in [-0.1, -0.05) is 12.1 Å². The zero-order chi connectivity index (χ0) is 12.8. The van der Waals surface area contributed by atoms with E-state index in [1.165, 1.54) is 11.3 Å². The molecular formula is C14H19N3O. The van der Waals surface area contributed by atoms with E-state index >= 15 is 0 Å². The number of benzene rings is 1. The van der Waals surface area contributed by atoms with Gasteiger partial charge in [-0.3, -0.25) is 4.68 Å². The quantitative estimate of drug-likeness (QED) is 0.840. The fourth-order valence-corrected chi connectivity index (χ4v) is 1.88. The van der Waals surface area contributed by atoms with Crippen molar-refractivity contribution < 1.29 is 4.74 Å². The summed E-state index contributed by atoms with van der Waals surface area (Å²) in [5, 5.41) is 4.13. The smallest absolute Gasteiger partial charge is 0.119 e. The van der Waals surface area contributed by atoms with Crippen molar-refractivity contribution in [3.63, 3.8) is 0 Å². The molecule has 2 aromatic rings. The third-order valence-electron chi connectivity index (χ3n) is 2.88. The Morgan fingerprint density at radius 2 is 2.17 bits per heavy atom. The van der Waals surface area contributed by atoms with Crippen molar-refractivity contribution >= 4 is 0 Å². The standard InChI is InChI=1S/C14H19N3O/c1-17-13(6-9-16-17)7-10-18-14-4-2-3-12(11-14)5-8-15/h2-4,6,9,11H,5,7-8,10,15H2,1H3. The monoisotopic (exact) mass is 245 g/mol. The molecule has 0 amide bonds. The highest BCUT2D eigenvalue weighted by Gasteiger charge is 2.00. The Hall–Kier alpha value is -1.81. The molecule has 0 radical (unpaired) electrons. The lowest BCUT2D eigenvalue weighted by Crippen LogP contribution is -2.06. The van der Waals surface area contributed by atoms with Gasteiger partial charge in [-0.25, -0.2) is 0 Å². The minimum Gasteiger partial charge on any atom is -0.493 e. The Bertz CT molecular complexity index is 493. The van der Waals surface area contributed by atoms with Crippen molar-refractivity contribution in [2.45, 2.75) is 12.8 Å². The number of aryl methyl sites for hydroxylation is 1. The van der Waals surface area contributed by atoms with E-state index in [9.17, 15) is 0 Å². The third-order valence-corrected chi connectivity index (χ3v) is 2.88. The maximum Gasteiger partial charge on any atom is 0.119 e. The van der Waals surface area contributed by atoms with E-state index in [2.05, 4.69) is 17.2 Å². The van der Waals surface area contributed by atoms with Crippen LogP contribution in [-0.4, -0.2) is 22.9 Å². The van der Waals surface area contributed by atoms with Crippen LogP contribution in [0.15, 0.2) is 36.5 Å². The topological polar surface area (TPSA) is 53.1 Å². The predicted molar refractivity (Wildman–Crippen MR) is 71.6 cm³/mol. The molecule has 96 valence electrons. The van der Waals surface area contributed by atoms with Crippen LogP contribution < -0.4 is 10.5 Å². The summed E-state index contributed by atoms with van der Waals surface area (Å²) < 4.78 is 7.61. The predicted octanol–water partition coefficient (Wildman–Crippen LogP) is 1.54. The lowest BCUT2D eigenvalue weighted by molar-refractivity contribution is 0.318. The second-order valence-corrected chi connectivity index (χ2v) is 4.23. The number of ether oxygens (including phenoxy) is 1. The van der Waals surface area contributed by atoms with Gasteiger partial charge in [-0.15, -0.1) is 0 Å². The Kier molecular flexibility index (Phi) is 4.36. The molecule has 1 aromatic carbocycles. The largest absolute Gasteiger partial charge is 0.493 e. The van der Waals surface area contributed by atoms with Crippen LogP contribution in [0.4, 0.5) is 0 Å². The number of nitrogens with two attached hydrogens (primary N) is 1. The number of nitrogens with zero attached hydrogens (tertiary/aromatic N) is 2. The molecule has 0 aliphatic carbocycles. The molecule has 4 nitrogen and oxygen atoms in total. The first kappa shape index (κ1) is 12.6. The molecule has 0 spiro atoms. The van der Waals surface area contributed by atoms with E-state index in [1.807, 2.05) is 29.9 Å².